The second-order valence-corrected chi connectivity index (χ2v) is 4.88. The summed E-state index contributed by atoms with van der Waals surface area (Å²) in [6, 6.07) is 10.9. The molecule has 3 aromatic rings. The number of nitrogens with zero attached hydrogens (tertiary/aromatic N) is 2. The van der Waals surface area contributed by atoms with Crippen LogP contribution in [0.15, 0.2) is 51.8 Å². The van der Waals surface area contributed by atoms with Crippen molar-refractivity contribution < 1.29 is 9.21 Å². The molecule has 0 saturated carbocycles. The van der Waals surface area contributed by atoms with Crippen molar-refractivity contribution in [2.45, 2.75) is 19.9 Å². The standard InChI is InChI=1S/C16H15N3O3/c1-2-11-5-7-12(8-6-11)18-14(20)10-19-15-13(22-16(19)21)4-3-9-17-15/h3-9H,2,10H2,1H3,(H,18,20). The third kappa shape index (κ3) is 2.76. The highest BCUT2D eigenvalue weighted by molar-refractivity contribution is 5.91. The monoisotopic (exact) mass is 297 g/mol. The Morgan fingerprint density at radius 3 is 2.77 bits per heavy atom. The molecule has 0 aliphatic carbocycles. The van der Waals surface area contributed by atoms with Crippen LogP contribution in [0.4, 0.5) is 5.69 Å². The van der Waals surface area contributed by atoms with Crippen molar-refractivity contribution in [1.82, 2.24) is 9.55 Å². The molecule has 3 rings (SSSR count). The molecule has 2 aromatic heterocycles. The van der Waals surface area contributed by atoms with Crippen molar-refractivity contribution >= 4 is 22.8 Å². The molecule has 0 spiro atoms. The molecule has 1 amide bonds. The number of benzene rings is 1. The van der Waals surface area contributed by atoms with Gasteiger partial charge in [-0.05, 0) is 36.2 Å². The van der Waals surface area contributed by atoms with Gasteiger partial charge in [-0.2, -0.15) is 0 Å². The van der Waals surface area contributed by atoms with Gasteiger partial charge in [0.1, 0.15) is 6.54 Å². The Morgan fingerprint density at radius 1 is 1.27 bits per heavy atom. The summed E-state index contributed by atoms with van der Waals surface area (Å²) in [7, 11) is 0. The summed E-state index contributed by atoms with van der Waals surface area (Å²) in [5.41, 5.74) is 2.62. The number of aromatic nitrogens is 2. The second kappa shape index (κ2) is 5.85. The van der Waals surface area contributed by atoms with Gasteiger partial charge in [-0.15, -0.1) is 0 Å². The molecular weight excluding hydrogens is 282 g/mol. The van der Waals surface area contributed by atoms with Crippen molar-refractivity contribution in [3.63, 3.8) is 0 Å². The minimum absolute atomic E-state index is 0.141. The van der Waals surface area contributed by atoms with E-state index in [1.54, 1.807) is 18.3 Å². The van der Waals surface area contributed by atoms with E-state index in [1.165, 1.54) is 10.1 Å². The number of nitrogens with one attached hydrogen (secondary N) is 1. The highest BCUT2D eigenvalue weighted by Crippen LogP contribution is 2.11. The number of carbonyl (C=O) groups is 1. The van der Waals surface area contributed by atoms with Crippen LogP contribution in [0.25, 0.3) is 11.2 Å². The number of oxazole rings is 1. The summed E-state index contributed by atoms with van der Waals surface area (Å²) in [5, 5.41) is 2.76. The number of amides is 1. The van der Waals surface area contributed by atoms with Gasteiger partial charge in [-0.25, -0.2) is 14.3 Å². The van der Waals surface area contributed by atoms with E-state index in [-0.39, 0.29) is 12.5 Å². The Bertz CT molecular complexity index is 862. The van der Waals surface area contributed by atoms with Gasteiger partial charge in [0.2, 0.25) is 5.91 Å². The average molecular weight is 297 g/mol. The molecule has 2 heterocycles. The minimum atomic E-state index is -0.592. The fraction of sp³-hybridized carbons (Fsp3) is 0.188. The quantitative estimate of drug-likeness (QED) is 0.800. The SMILES string of the molecule is CCc1ccc(NC(=O)Cn2c(=O)oc3cccnc32)cc1. The van der Waals surface area contributed by atoms with E-state index < -0.39 is 5.76 Å². The van der Waals surface area contributed by atoms with Gasteiger partial charge in [0, 0.05) is 11.9 Å². The summed E-state index contributed by atoms with van der Waals surface area (Å²) in [6.07, 6.45) is 2.49. The van der Waals surface area contributed by atoms with Crippen LogP contribution < -0.4 is 11.1 Å². The largest absolute Gasteiger partial charge is 0.421 e. The van der Waals surface area contributed by atoms with E-state index in [0.29, 0.717) is 16.9 Å². The topological polar surface area (TPSA) is 77.1 Å². The van der Waals surface area contributed by atoms with Crippen molar-refractivity contribution in [1.29, 1.82) is 0 Å². The maximum absolute atomic E-state index is 12.1. The maximum atomic E-state index is 12.1. The molecule has 112 valence electrons. The Kier molecular flexibility index (Phi) is 3.74. The molecule has 0 aliphatic rings. The van der Waals surface area contributed by atoms with Gasteiger partial charge >= 0.3 is 5.76 Å². The smallest absolute Gasteiger partial charge is 0.406 e. The predicted octanol–water partition coefficient (Wildman–Crippen LogP) is 2.19. The molecule has 1 aromatic carbocycles. The van der Waals surface area contributed by atoms with Crippen LogP contribution in [-0.2, 0) is 17.8 Å². The minimum Gasteiger partial charge on any atom is -0.406 e. The first-order valence-electron chi connectivity index (χ1n) is 7.00. The van der Waals surface area contributed by atoms with E-state index in [2.05, 4.69) is 17.2 Å². The summed E-state index contributed by atoms with van der Waals surface area (Å²) in [5.74, 6) is -0.898. The molecule has 0 bridgehead atoms. The molecule has 6 nitrogen and oxygen atoms in total. The predicted molar refractivity (Wildman–Crippen MR) is 82.7 cm³/mol. The lowest BCUT2D eigenvalue weighted by molar-refractivity contribution is -0.116. The average Bonchev–Trinajstić information content (AvgIpc) is 2.84. The summed E-state index contributed by atoms with van der Waals surface area (Å²) in [6.45, 7) is 1.93. The Balaban J connectivity index is 1.78. The van der Waals surface area contributed by atoms with Crippen LogP contribution in [-0.4, -0.2) is 15.5 Å². The van der Waals surface area contributed by atoms with Gasteiger partial charge in [-0.3, -0.25) is 4.79 Å². The first-order chi connectivity index (χ1) is 10.7. The van der Waals surface area contributed by atoms with Crippen molar-refractivity contribution in [2.75, 3.05) is 5.32 Å². The van der Waals surface area contributed by atoms with Crippen molar-refractivity contribution in [2.24, 2.45) is 0 Å². The molecule has 22 heavy (non-hydrogen) atoms. The van der Waals surface area contributed by atoms with E-state index in [9.17, 15) is 9.59 Å². The second-order valence-electron chi connectivity index (χ2n) is 4.88. The van der Waals surface area contributed by atoms with Crippen LogP contribution in [0, 0.1) is 0 Å². The number of hydrogen-bond acceptors (Lipinski definition) is 4. The lowest BCUT2D eigenvalue weighted by atomic mass is 10.1. The summed E-state index contributed by atoms with van der Waals surface area (Å²) >= 11 is 0. The first kappa shape index (κ1) is 14.1. The zero-order valence-corrected chi connectivity index (χ0v) is 12.1. The van der Waals surface area contributed by atoms with Gasteiger partial charge < -0.3 is 9.73 Å². The number of aryl methyl sites for hydroxylation is 1. The number of fused-ring (bicyclic) bond motifs is 1. The number of carbonyl (C=O) groups excluding carboxylic acids is 1. The Morgan fingerprint density at radius 2 is 2.05 bits per heavy atom. The van der Waals surface area contributed by atoms with Gasteiger partial charge in [0.05, 0.1) is 0 Å². The molecule has 1 N–H and O–H groups in total. The fourth-order valence-corrected chi connectivity index (χ4v) is 2.21. The van der Waals surface area contributed by atoms with E-state index in [1.807, 2.05) is 24.3 Å². The molecule has 6 heteroatoms. The molecule has 0 fully saturated rings. The van der Waals surface area contributed by atoms with Crippen molar-refractivity contribution in [3.05, 3.63) is 58.7 Å². The third-order valence-electron chi connectivity index (χ3n) is 3.37. The van der Waals surface area contributed by atoms with Gasteiger partial charge in [0.15, 0.2) is 11.2 Å². The number of anilines is 1. The molecule has 0 unspecified atom stereocenters. The Labute approximate surface area is 126 Å². The molecular formula is C16H15N3O3. The fourth-order valence-electron chi connectivity index (χ4n) is 2.21. The normalized spacial score (nSPS) is 10.8. The van der Waals surface area contributed by atoms with Crippen LogP contribution in [0.2, 0.25) is 0 Å². The number of pyridine rings is 1. The first-order valence-corrected chi connectivity index (χ1v) is 7.00. The van der Waals surface area contributed by atoms with Crippen molar-refractivity contribution in [3.8, 4) is 0 Å². The molecule has 0 saturated heterocycles. The molecule has 0 radical (unpaired) electrons. The summed E-state index contributed by atoms with van der Waals surface area (Å²) in [4.78, 5) is 28.0. The Hall–Kier alpha value is -2.89. The molecule has 0 aliphatic heterocycles. The third-order valence-corrected chi connectivity index (χ3v) is 3.37. The zero-order valence-electron chi connectivity index (χ0n) is 12.1. The molecule has 0 atom stereocenters. The van der Waals surface area contributed by atoms with Crippen LogP contribution in [0.5, 0.6) is 0 Å². The van der Waals surface area contributed by atoms with Gasteiger partial charge in [-0.1, -0.05) is 19.1 Å². The highest BCUT2D eigenvalue weighted by Gasteiger charge is 2.13. The zero-order chi connectivity index (χ0) is 15.5. The van der Waals surface area contributed by atoms with E-state index in [4.69, 9.17) is 4.42 Å². The lowest BCUT2D eigenvalue weighted by Gasteiger charge is -2.06. The highest BCUT2D eigenvalue weighted by atomic mass is 16.4. The van der Waals surface area contributed by atoms with Gasteiger partial charge in [0.25, 0.3) is 0 Å². The van der Waals surface area contributed by atoms with E-state index in [0.717, 1.165) is 6.42 Å². The van der Waals surface area contributed by atoms with E-state index >= 15 is 0 Å². The number of rotatable bonds is 4. The number of hydrogen-bond donors (Lipinski definition) is 1. The van der Waals surface area contributed by atoms with Crippen LogP contribution >= 0.6 is 0 Å². The maximum Gasteiger partial charge on any atom is 0.421 e. The lowest BCUT2D eigenvalue weighted by Crippen LogP contribution is -2.25. The summed E-state index contributed by atoms with van der Waals surface area (Å²) < 4.78 is 6.26. The van der Waals surface area contributed by atoms with Crippen LogP contribution in [0.3, 0.4) is 0 Å². The van der Waals surface area contributed by atoms with Crippen LogP contribution in [0.1, 0.15) is 12.5 Å².